The molecule has 4 nitrogen and oxygen atoms in total. The van der Waals surface area contributed by atoms with Crippen molar-refractivity contribution in [2.24, 2.45) is 0 Å². The van der Waals surface area contributed by atoms with Gasteiger partial charge in [-0.3, -0.25) is 0 Å². The molecule has 0 aromatic rings. The molecule has 1 N–H and O–H groups in total. The van der Waals surface area contributed by atoms with E-state index in [-0.39, 0.29) is 63.2 Å². The summed E-state index contributed by atoms with van der Waals surface area (Å²) in [4.78, 5) is 0. The first-order valence-electron chi connectivity index (χ1n) is 10.1. The van der Waals surface area contributed by atoms with Crippen molar-refractivity contribution in [2.45, 2.75) is 116 Å². The molecule has 0 saturated heterocycles. The largest absolute Gasteiger partial charge is 1.00 e. The maximum atomic E-state index is 10.4. The van der Waals surface area contributed by atoms with Crippen LogP contribution in [0.5, 0.6) is 0 Å². The van der Waals surface area contributed by atoms with Crippen LogP contribution in [0.2, 0.25) is 0 Å². The van der Waals surface area contributed by atoms with Crippen molar-refractivity contribution in [3.05, 3.63) is 0 Å². The average molecular weight is 403 g/mol. The molecule has 0 rings (SSSR count). The third-order valence-electron chi connectivity index (χ3n) is 4.57. The summed E-state index contributed by atoms with van der Waals surface area (Å²) in [6.45, 7) is 2.24. The van der Waals surface area contributed by atoms with E-state index in [1.54, 1.807) is 0 Å². The number of hydrogen-bond donors (Lipinski definition) is 1. The first kappa shape index (κ1) is 28.7. The quantitative estimate of drug-likeness (QED) is 0.216. The minimum atomic E-state index is -4.04. The second-order valence-corrected chi connectivity index (χ2v) is 8.61. The Morgan fingerprint density at radius 2 is 1.08 bits per heavy atom. The number of rotatable bonds is 18. The maximum absolute atomic E-state index is 10.4. The summed E-state index contributed by atoms with van der Waals surface area (Å²) in [5, 5.41) is 9.95. The summed E-state index contributed by atoms with van der Waals surface area (Å²) in [6, 6.07) is 0. The van der Waals surface area contributed by atoms with Gasteiger partial charge in [0.15, 0.2) is 0 Å². The van der Waals surface area contributed by atoms with Crippen molar-refractivity contribution >= 4 is 10.1 Å². The molecular weight excluding hydrogens is 363 g/mol. The molecule has 0 aromatic carbocycles. The SMILES string of the molecule is CCCCCCCCCCC(O)CCCCCCCCS(=O)(=O)[O-].[K+]. The number of unbranched alkanes of at least 4 members (excludes halogenated alkanes) is 12. The van der Waals surface area contributed by atoms with Gasteiger partial charge in [0, 0.05) is 5.75 Å². The Labute approximate surface area is 199 Å². The van der Waals surface area contributed by atoms with Crippen molar-refractivity contribution < 1.29 is 69.5 Å². The molecule has 0 saturated carbocycles. The number of aliphatic hydroxyl groups excluding tert-OH is 1. The molecule has 25 heavy (non-hydrogen) atoms. The van der Waals surface area contributed by atoms with Gasteiger partial charge in [0.2, 0.25) is 0 Å². The summed E-state index contributed by atoms with van der Waals surface area (Å²) in [7, 11) is -4.04. The third-order valence-corrected chi connectivity index (χ3v) is 5.36. The normalized spacial score (nSPS) is 12.8. The average Bonchev–Trinajstić information content (AvgIpc) is 2.51. The zero-order chi connectivity index (χ0) is 18.1. The fraction of sp³-hybridized carbons (Fsp3) is 1.00. The molecule has 0 aromatic heterocycles. The second kappa shape index (κ2) is 20.2. The van der Waals surface area contributed by atoms with E-state index in [2.05, 4.69) is 6.92 Å². The molecule has 0 aliphatic carbocycles. The first-order valence-corrected chi connectivity index (χ1v) is 11.6. The van der Waals surface area contributed by atoms with Crippen LogP contribution in [0.15, 0.2) is 0 Å². The van der Waals surface area contributed by atoms with Gasteiger partial charge in [-0.05, 0) is 19.3 Å². The monoisotopic (exact) mass is 402 g/mol. The Hall–Kier alpha value is 1.51. The first-order chi connectivity index (χ1) is 11.5. The zero-order valence-corrected chi connectivity index (χ0v) is 20.6. The van der Waals surface area contributed by atoms with Crippen LogP contribution in [0.1, 0.15) is 110 Å². The molecule has 0 spiro atoms. The van der Waals surface area contributed by atoms with Crippen LogP contribution in [0.25, 0.3) is 0 Å². The Kier molecular flexibility index (Phi) is 23.3. The molecule has 0 radical (unpaired) electrons. The fourth-order valence-electron chi connectivity index (χ4n) is 3.02. The van der Waals surface area contributed by atoms with Gasteiger partial charge in [0.05, 0.1) is 16.2 Å². The smallest absolute Gasteiger partial charge is 0.748 e. The molecule has 0 fully saturated rings. The number of aliphatic hydroxyl groups is 1. The molecule has 0 amide bonds. The van der Waals surface area contributed by atoms with Crippen molar-refractivity contribution in [3.63, 3.8) is 0 Å². The molecule has 0 heterocycles. The second-order valence-electron chi connectivity index (χ2n) is 7.09. The summed E-state index contributed by atoms with van der Waals surface area (Å²) in [6.07, 6.45) is 17.5. The maximum Gasteiger partial charge on any atom is 1.00 e. The van der Waals surface area contributed by atoms with E-state index in [1.165, 1.54) is 44.9 Å². The Morgan fingerprint density at radius 1 is 0.720 bits per heavy atom. The van der Waals surface area contributed by atoms with E-state index in [9.17, 15) is 18.1 Å². The molecule has 1 unspecified atom stereocenters. The third kappa shape index (κ3) is 25.5. The van der Waals surface area contributed by atoms with E-state index >= 15 is 0 Å². The molecule has 0 aliphatic heterocycles. The van der Waals surface area contributed by atoms with E-state index in [0.29, 0.717) is 6.42 Å². The van der Waals surface area contributed by atoms with Gasteiger partial charge < -0.3 is 9.66 Å². The molecular formula is C19H39KO4S. The molecule has 1 atom stereocenters. The summed E-state index contributed by atoms with van der Waals surface area (Å²) in [5.74, 6) is -0.232. The minimum absolute atomic E-state index is 0. The van der Waals surface area contributed by atoms with Crippen molar-refractivity contribution in [1.29, 1.82) is 0 Å². The minimum Gasteiger partial charge on any atom is -0.748 e. The topological polar surface area (TPSA) is 77.4 Å². The predicted molar refractivity (Wildman–Crippen MR) is 100 cm³/mol. The van der Waals surface area contributed by atoms with Gasteiger partial charge >= 0.3 is 51.4 Å². The van der Waals surface area contributed by atoms with E-state index < -0.39 is 10.1 Å². The Balaban J connectivity index is 0. The van der Waals surface area contributed by atoms with Gasteiger partial charge in [-0.2, -0.15) is 0 Å². The van der Waals surface area contributed by atoms with Crippen LogP contribution in [-0.2, 0) is 10.1 Å². The number of hydrogen-bond acceptors (Lipinski definition) is 4. The van der Waals surface area contributed by atoms with Gasteiger partial charge in [-0.1, -0.05) is 90.4 Å². The van der Waals surface area contributed by atoms with E-state index in [4.69, 9.17) is 0 Å². The molecule has 6 heteroatoms. The van der Waals surface area contributed by atoms with E-state index in [0.717, 1.165) is 51.4 Å². The summed E-state index contributed by atoms with van der Waals surface area (Å²) in [5.41, 5.74) is 0. The summed E-state index contributed by atoms with van der Waals surface area (Å²) < 4.78 is 31.3. The summed E-state index contributed by atoms with van der Waals surface area (Å²) >= 11 is 0. The van der Waals surface area contributed by atoms with Crippen LogP contribution in [0, 0.1) is 0 Å². The Morgan fingerprint density at radius 3 is 1.48 bits per heavy atom. The van der Waals surface area contributed by atoms with Gasteiger partial charge in [0.25, 0.3) is 0 Å². The molecule has 146 valence electrons. The van der Waals surface area contributed by atoms with Gasteiger partial charge in [0.1, 0.15) is 0 Å². The van der Waals surface area contributed by atoms with Gasteiger partial charge in [-0.15, -0.1) is 0 Å². The van der Waals surface area contributed by atoms with Crippen LogP contribution < -0.4 is 51.4 Å². The van der Waals surface area contributed by atoms with E-state index in [1.807, 2.05) is 0 Å². The predicted octanol–water partition coefficient (Wildman–Crippen LogP) is 2.16. The van der Waals surface area contributed by atoms with Crippen LogP contribution in [-0.4, -0.2) is 29.9 Å². The zero-order valence-electron chi connectivity index (χ0n) is 16.7. The van der Waals surface area contributed by atoms with Crippen molar-refractivity contribution in [1.82, 2.24) is 0 Å². The fourth-order valence-corrected chi connectivity index (χ4v) is 3.58. The van der Waals surface area contributed by atoms with Crippen LogP contribution >= 0.6 is 0 Å². The van der Waals surface area contributed by atoms with Crippen molar-refractivity contribution in [3.8, 4) is 0 Å². The molecule has 0 bridgehead atoms. The van der Waals surface area contributed by atoms with Gasteiger partial charge in [-0.25, -0.2) is 8.42 Å². The van der Waals surface area contributed by atoms with Crippen LogP contribution in [0.3, 0.4) is 0 Å². The molecule has 0 aliphatic rings. The van der Waals surface area contributed by atoms with Crippen LogP contribution in [0.4, 0.5) is 0 Å². The standard InChI is InChI=1S/C19H40O4S.K/c1-2-3-4-5-6-7-10-13-16-19(20)17-14-11-8-9-12-15-18-24(21,22)23;/h19-20H,2-18H2,1H3,(H,21,22,23);/q;+1/p-1. The van der Waals surface area contributed by atoms with Crippen molar-refractivity contribution in [2.75, 3.05) is 5.75 Å². The Bertz CT molecular complexity index is 360.